The van der Waals surface area contributed by atoms with Gasteiger partial charge in [-0.15, -0.1) is 5.10 Å². The van der Waals surface area contributed by atoms with Gasteiger partial charge in [-0.05, 0) is 18.1 Å². The van der Waals surface area contributed by atoms with Gasteiger partial charge in [-0.25, -0.2) is 0 Å². The summed E-state index contributed by atoms with van der Waals surface area (Å²) < 4.78 is 4.37. The lowest BCUT2D eigenvalue weighted by Crippen LogP contribution is -2.38. The Hall–Kier alpha value is -1.66. The second kappa shape index (κ2) is 5.38. The van der Waals surface area contributed by atoms with E-state index in [1.807, 2.05) is 29.2 Å². The van der Waals surface area contributed by atoms with Crippen LogP contribution >= 0.6 is 23.1 Å². The van der Waals surface area contributed by atoms with Crippen molar-refractivity contribution in [3.63, 3.8) is 0 Å². The number of hydrogen-bond acceptors (Lipinski definition) is 5. The molecular weight excluding hydrogens is 298 g/mol. The number of halogens is 1. The molecule has 0 radical (unpaired) electrons. The Labute approximate surface area is 125 Å². The molecule has 2 aromatic rings. The summed E-state index contributed by atoms with van der Waals surface area (Å²) in [6, 6.07) is 7.85. The average molecular weight is 310 g/mol. The summed E-state index contributed by atoms with van der Waals surface area (Å²) in [6.07, 6.45) is 0.561. The minimum absolute atomic E-state index is 0.407. The number of nitrogens with zero attached hydrogens (tertiary/aromatic N) is 3. The van der Waals surface area contributed by atoms with E-state index in [1.54, 1.807) is 0 Å². The van der Waals surface area contributed by atoms with Crippen molar-refractivity contribution < 1.29 is 9.90 Å². The van der Waals surface area contributed by atoms with Crippen molar-refractivity contribution >= 4 is 34.8 Å². The molecule has 0 amide bonds. The Kier molecular flexibility index (Phi) is 3.58. The highest BCUT2D eigenvalue weighted by atomic mass is 35.5. The van der Waals surface area contributed by atoms with Crippen LogP contribution in [0.2, 0.25) is 4.34 Å². The van der Waals surface area contributed by atoms with Crippen LogP contribution in [-0.2, 0) is 17.8 Å². The molecular formula is C13H12ClN3O2S. The summed E-state index contributed by atoms with van der Waals surface area (Å²) in [5.74, 6) is -1.18. The number of para-hydroxylation sites is 1. The van der Waals surface area contributed by atoms with Gasteiger partial charge in [0.05, 0.1) is 12.5 Å². The SMILES string of the molecule is O=C(O)C1Cc2ccccc2N(Cc2nnsc2Cl)C1. The molecule has 1 N–H and O–H groups in total. The Morgan fingerprint density at radius 3 is 3.00 bits per heavy atom. The Balaban J connectivity index is 1.92. The van der Waals surface area contributed by atoms with Crippen molar-refractivity contribution in [2.45, 2.75) is 13.0 Å². The minimum Gasteiger partial charge on any atom is -0.481 e. The largest absolute Gasteiger partial charge is 0.481 e. The smallest absolute Gasteiger partial charge is 0.308 e. The van der Waals surface area contributed by atoms with E-state index < -0.39 is 11.9 Å². The van der Waals surface area contributed by atoms with Crippen molar-refractivity contribution in [1.82, 2.24) is 9.59 Å². The van der Waals surface area contributed by atoms with Gasteiger partial charge in [0, 0.05) is 23.8 Å². The highest BCUT2D eigenvalue weighted by Gasteiger charge is 2.29. The number of rotatable bonds is 3. The molecule has 20 heavy (non-hydrogen) atoms. The predicted molar refractivity (Wildman–Crippen MR) is 77.2 cm³/mol. The zero-order valence-corrected chi connectivity index (χ0v) is 12.1. The normalized spacial score (nSPS) is 17.9. The molecule has 1 atom stereocenters. The molecule has 7 heteroatoms. The lowest BCUT2D eigenvalue weighted by Gasteiger charge is -2.34. The monoisotopic (exact) mass is 309 g/mol. The molecule has 0 aliphatic carbocycles. The zero-order valence-electron chi connectivity index (χ0n) is 10.5. The number of carboxylic acids is 1. The number of fused-ring (bicyclic) bond motifs is 1. The quantitative estimate of drug-likeness (QED) is 0.943. The molecule has 1 aliphatic rings. The molecule has 3 rings (SSSR count). The fourth-order valence-electron chi connectivity index (χ4n) is 2.47. The topological polar surface area (TPSA) is 66.3 Å². The second-order valence-electron chi connectivity index (χ2n) is 4.74. The summed E-state index contributed by atoms with van der Waals surface area (Å²) in [6.45, 7) is 0.941. The fraction of sp³-hybridized carbons (Fsp3) is 0.308. The van der Waals surface area contributed by atoms with Crippen LogP contribution in [0.3, 0.4) is 0 Å². The van der Waals surface area contributed by atoms with Crippen molar-refractivity contribution in [3.05, 3.63) is 39.9 Å². The van der Waals surface area contributed by atoms with E-state index in [2.05, 4.69) is 9.59 Å². The van der Waals surface area contributed by atoms with Gasteiger partial charge in [-0.3, -0.25) is 4.79 Å². The van der Waals surface area contributed by atoms with Crippen LogP contribution in [0.25, 0.3) is 0 Å². The molecule has 1 aliphatic heterocycles. The van der Waals surface area contributed by atoms with Gasteiger partial charge in [-0.1, -0.05) is 34.3 Å². The number of anilines is 1. The first kappa shape index (κ1) is 13.3. The summed E-state index contributed by atoms with van der Waals surface area (Å²) in [4.78, 5) is 13.3. The second-order valence-corrected chi connectivity index (χ2v) is 6.10. The first-order valence-electron chi connectivity index (χ1n) is 6.17. The Morgan fingerprint density at radius 2 is 2.30 bits per heavy atom. The number of benzene rings is 1. The summed E-state index contributed by atoms with van der Waals surface area (Å²) >= 11 is 7.18. The lowest BCUT2D eigenvalue weighted by molar-refractivity contribution is -0.141. The first-order chi connectivity index (χ1) is 9.65. The predicted octanol–water partition coefficient (Wildman–Crippen LogP) is 2.46. The molecule has 0 spiro atoms. The highest BCUT2D eigenvalue weighted by Crippen LogP contribution is 2.32. The maximum atomic E-state index is 11.3. The third kappa shape index (κ3) is 2.48. The molecule has 0 saturated carbocycles. The molecule has 0 fully saturated rings. The van der Waals surface area contributed by atoms with Crippen LogP contribution in [0.1, 0.15) is 11.3 Å². The molecule has 5 nitrogen and oxygen atoms in total. The van der Waals surface area contributed by atoms with Crippen LogP contribution in [-0.4, -0.2) is 27.2 Å². The van der Waals surface area contributed by atoms with E-state index in [4.69, 9.17) is 11.6 Å². The molecule has 1 aromatic heterocycles. The van der Waals surface area contributed by atoms with E-state index in [9.17, 15) is 9.90 Å². The van der Waals surface area contributed by atoms with Crippen LogP contribution in [0.5, 0.6) is 0 Å². The number of carboxylic acid groups (broad SMARTS) is 1. The summed E-state index contributed by atoms with van der Waals surface area (Å²) in [7, 11) is 0. The minimum atomic E-state index is -0.771. The van der Waals surface area contributed by atoms with Gasteiger partial charge in [0.25, 0.3) is 0 Å². The zero-order chi connectivity index (χ0) is 14.1. The molecule has 0 bridgehead atoms. The maximum Gasteiger partial charge on any atom is 0.308 e. The van der Waals surface area contributed by atoms with Crippen LogP contribution in [0.4, 0.5) is 5.69 Å². The highest BCUT2D eigenvalue weighted by molar-refractivity contribution is 7.10. The van der Waals surface area contributed by atoms with Crippen molar-refractivity contribution in [1.29, 1.82) is 0 Å². The molecule has 1 aromatic carbocycles. The van der Waals surface area contributed by atoms with Gasteiger partial charge in [0.2, 0.25) is 0 Å². The number of aliphatic carboxylic acids is 1. The van der Waals surface area contributed by atoms with Crippen LogP contribution < -0.4 is 4.90 Å². The van der Waals surface area contributed by atoms with Crippen molar-refractivity contribution in [2.24, 2.45) is 5.92 Å². The van der Waals surface area contributed by atoms with E-state index in [1.165, 1.54) is 0 Å². The number of aromatic nitrogens is 2. The molecule has 1 unspecified atom stereocenters. The van der Waals surface area contributed by atoms with Gasteiger partial charge < -0.3 is 10.0 Å². The third-order valence-electron chi connectivity index (χ3n) is 3.44. The van der Waals surface area contributed by atoms with Gasteiger partial charge in [-0.2, -0.15) is 0 Å². The van der Waals surface area contributed by atoms with Gasteiger partial charge in [0.1, 0.15) is 10.0 Å². The molecule has 0 saturated heterocycles. The standard InChI is InChI=1S/C13H12ClN3O2S/c14-12-10(15-16-20-12)7-17-6-9(13(18)19)5-8-3-1-2-4-11(8)17/h1-4,9H,5-7H2,(H,18,19). The fourth-order valence-corrected chi connectivity index (χ4v) is 3.09. The number of hydrogen-bond donors (Lipinski definition) is 1. The maximum absolute atomic E-state index is 11.3. The van der Waals surface area contributed by atoms with Crippen LogP contribution in [0, 0.1) is 5.92 Å². The van der Waals surface area contributed by atoms with E-state index >= 15 is 0 Å². The first-order valence-corrected chi connectivity index (χ1v) is 7.32. The van der Waals surface area contributed by atoms with Crippen LogP contribution in [0.15, 0.2) is 24.3 Å². The molecule has 104 valence electrons. The van der Waals surface area contributed by atoms with E-state index in [-0.39, 0.29) is 0 Å². The number of carbonyl (C=O) groups is 1. The van der Waals surface area contributed by atoms with E-state index in [0.717, 1.165) is 22.8 Å². The third-order valence-corrected chi connectivity index (χ3v) is 4.42. The summed E-state index contributed by atoms with van der Waals surface area (Å²) in [5, 5.41) is 13.3. The Morgan fingerprint density at radius 1 is 1.50 bits per heavy atom. The van der Waals surface area contributed by atoms with Crippen molar-refractivity contribution in [2.75, 3.05) is 11.4 Å². The van der Waals surface area contributed by atoms with Gasteiger partial charge in [0.15, 0.2) is 0 Å². The van der Waals surface area contributed by atoms with Gasteiger partial charge >= 0.3 is 5.97 Å². The molecule has 2 heterocycles. The van der Waals surface area contributed by atoms with E-state index in [0.29, 0.717) is 29.5 Å². The Bertz CT molecular complexity index is 646. The summed E-state index contributed by atoms with van der Waals surface area (Å²) in [5.41, 5.74) is 2.79. The average Bonchev–Trinajstić information content (AvgIpc) is 2.84. The lowest BCUT2D eigenvalue weighted by atomic mass is 9.92. The van der Waals surface area contributed by atoms with Crippen molar-refractivity contribution in [3.8, 4) is 0 Å².